The standard InChI is InChI=1S/C6H8O/c1-2-5-3-6(5)4-7/h2,4-6H,1,3H2/t5-,6+/m1/s1. The van der Waals surface area contributed by atoms with Crippen molar-refractivity contribution < 1.29 is 4.79 Å². The van der Waals surface area contributed by atoms with E-state index in [2.05, 4.69) is 6.58 Å². The van der Waals surface area contributed by atoms with Gasteiger partial charge in [-0.25, -0.2) is 0 Å². The minimum Gasteiger partial charge on any atom is -0.303 e. The van der Waals surface area contributed by atoms with Gasteiger partial charge in [0.05, 0.1) is 0 Å². The van der Waals surface area contributed by atoms with E-state index in [9.17, 15) is 4.79 Å². The van der Waals surface area contributed by atoms with Crippen molar-refractivity contribution in [1.29, 1.82) is 0 Å². The van der Waals surface area contributed by atoms with Crippen molar-refractivity contribution in [1.82, 2.24) is 0 Å². The van der Waals surface area contributed by atoms with Crippen LogP contribution < -0.4 is 0 Å². The van der Waals surface area contributed by atoms with E-state index in [0.29, 0.717) is 11.8 Å². The first-order valence-electron chi connectivity index (χ1n) is 2.46. The van der Waals surface area contributed by atoms with Crippen molar-refractivity contribution >= 4 is 6.29 Å². The predicted octanol–water partition coefficient (Wildman–Crippen LogP) is 1.01. The maximum Gasteiger partial charge on any atom is 0.123 e. The largest absolute Gasteiger partial charge is 0.303 e. The van der Waals surface area contributed by atoms with Crippen LogP contribution in [0.2, 0.25) is 0 Å². The lowest BCUT2D eigenvalue weighted by atomic mass is 10.3. The summed E-state index contributed by atoms with van der Waals surface area (Å²) < 4.78 is 0. The number of carbonyl (C=O) groups excluding carboxylic acids is 1. The van der Waals surface area contributed by atoms with Crippen molar-refractivity contribution in [2.24, 2.45) is 11.8 Å². The molecule has 0 spiro atoms. The summed E-state index contributed by atoms with van der Waals surface area (Å²) in [4.78, 5) is 9.89. The third-order valence-electron chi connectivity index (χ3n) is 1.37. The lowest BCUT2D eigenvalue weighted by Gasteiger charge is -1.72. The molecule has 7 heavy (non-hydrogen) atoms. The van der Waals surface area contributed by atoms with Crippen molar-refractivity contribution in [2.75, 3.05) is 0 Å². The van der Waals surface area contributed by atoms with E-state index in [1.54, 1.807) is 0 Å². The molecule has 2 atom stereocenters. The SMILES string of the molecule is C=C[C@@H]1C[C@H]1C=O. The van der Waals surface area contributed by atoms with Crippen LogP contribution in [0.25, 0.3) is 0 Å². The van der Waals surface area contributed by atoms with E-state index in [1.807, 2.05) is 6.08 Å². The maximum atomic E-state index is 9.89. The number of carbonyl (C=O) groups is 1. The Kier molecular flexibility index (Phi) is 0.970. The van der Waals surface area contributed by atoms with Crippen LogP contribution in [0.3, 0.4) is 0 Å². The van der Waals surface area contributed by atoms with Crippen molar-refractivity contribution in [3.05, 3.63) is 12.7 Å². The summed E-state index contributed by atoms with van der Waals surface area (Å²) in [7, 11) is 0. The molecule has 0 amide bonds. The predicted molar refractivity (Wildman–Crippen MR) is 27.9 cm³/mol. The highest BCUT2D eigenvalue weighted by Crippen LogP contribution is 2.36. The fourth-order valence-corrected chi connectivity index (χ4v) is 0.663. The van der Waals surface area contributed by atoms with Crippen molar-refractivity contribution in [3.8, 4) is 0 Å². The summed E-state index contributed by atoms with van der Waals surface area (Å²) in [6.45, 7) is 3.56. The average molecular weight is 96.1 g/mol. The van der Waals surface area contributed by atoms with Gasteiger partial charge in [0.15, 0.2) is 0 Å². The Hall–Kier alpha value is -0.590. The number of hydrogen-bond acceptors (Lipinski definition) is 1. The molecular formula is C6H8O. The van der Waals surface area contributed by atoms with E-state index in [1.165, 1.54) is 0 Å². The molecule has 0 saturated heterocycles. The molecule has 1 rings (SSSR count). The van der Waals surface area contributed by atoms with Crippen LogP contribution in [0, 0.1) is 11.8 Å². The zero-order chi connectivity index (χ0) is 5.28. The smallest absolute Gasteiger partial charge is 0.123 e. The summed E-state index contributed by atoms with van der Waals surface area (Å²) in [5, 5.41) is 0. The Morgan fingerprint density at radius 1 is 1.57 bits per heavy atom. The molecule has 0 bridgehead atoms. The van der Waals surface area contributed by atoms with Gasteiger partial charge in [-0.1, -0.05) is 6.08 Å². The summed E-state index contributed by atoms with van der Waals surface area (Å²) in [5.74, 6) is 0.829. The Labute approximate surface area is 43.0 Å². The van der Waals surface area contributed by atoms with Crippen LogP contribution in [0.1, 0.15) is 6.42 Å². The molecule has 1 heteroatoms. The third kappa shape index (κ3) is 0.710. The lowest BCUT2D eigenvalue weighted by Crippen LogP contribution is -1.75. The zero-order valence-corrected chi connectivity index (χ0v) is 4.13. The molecule has 1 nitrogen and oxygen atoms in total. The van der Waals surface area contributed by atoms with Crippen LogP contribution >= 0.6 is 0 Å². The monoisotopic (exact) mass is 96.1 g/mol. The molecule has 0 unspecified atom stereocenters. The van der Waals surface area contributed by atoms with Crippen molar-refractivity contribution in [3.63, 3.8) is 0 Å². The minimum absolute atomic E-state index is 0.317. The minimum atomic E-state index is 0.317. The van der Waals surface area contributed by atoms with Gasteiger partial charge in [0.25, 0.3) is 0 Å². The summed E-state index contributed by atoms with van der Waals surface area (Å²) >= 11 is 0. The van der Waals surface area contributed by atoms with E-state index >= 15 is 0 Å². The first kappa shape index (κ1) is 4.57. The second-order valence-electron chi connectivity index (χ2n) is 1.94. The maximum absolute atomic E-state index is 9.89. The normalized spacial score (nSPS) is 37.1. The molecule has 38 valence electrons. The quantitative estimate of drug-likeness (QED) is 0.370. The van der Waals surface area contributed by atoms with E-state index < -0.39 is 0 Å². The molecule has 1 aliphatic carbocycles. The summed E-state index contributed by atoms with van der Waals surface area (Å²) in [5.41, 5.74) is 0. The van der Waals surface area contributed by atoms with E-state index in [0.717, 1.165) is 12.7 Å². The molecule has 0 radical (unpaired) electrons. The van der Waals surface area contributed by atoms with Crippen LogP contribution in [0.5, 0.6) is 0 Å². The summed E-state index contributed by atoms with van der Waals surface area (Å²) in [6.07, 6.45) is 3.89. The first-order valence-corrected chi connectivity index (χ1v) is 2.46. The highest BCUT2D eigenvalue weighted by Gasteiger charge is 2.33. The molecule has 1 aliphatic rings. The third-order valence-corrected chi connectivity index (χ3v) is 1.37. The first-order chi connectivity index (χ1) is 3.38. The van der Waals surface area contributed by atoms with E-state index in [4.69, 9.17) is 0 Å². The topological polar surface area (TPSA) is 17.1 Å². The fraction of sp³-hybridized carbons (Fsp3) is 0.500. The van der Waals surface area contributed by atoms with Gasteiger partial charge in [0.2, 0.25) is 0 Å². The van der Waals surface area contributed by atoms with Gasteiger partial charge in [-0.15, -0.1) is 6.58 Å². The number of rotatable bonds is 2. The van der Waals surface area contributed by atoms with Crippen LogP contribution in [0.4, 0.5) is 0 Å². The number of hydrogen-bond donors (Lipinski definition) is 0. The lowest BCUT2D eigenvalue weighted by molar-refractivity contribution is -0.109. The summed E-state index contributed by atoms with van der Waals surface area (Å²) in [6, 6.07) is 0. The van der Waals surface area contributed by atoms with Gasteiger partial charge in [0, 0.05) is 5.92 Å². The van der Waals surface area contributed by atoms with Crippen LogP contribution in [-0.4, -0.2) is 6.29 Å². The van der Waals surface area contributed by atoms with Gasteiger partial charge in [-0.05, 0) is 12.3 Å². The molecule has 0 aromatic rings. The van der Waals surface area contributed by atoms with Gasteiger partial charge < -0.3 is 4.79 Å². The fourth-order valence-electron chi connectivity index (χ4n) is 0.663. The van der Waals surface area contributed by atoms with Gasteiger partial charge in [-0.2, -0.15) is 0 Å². The molecular weight excluding hydrogens is 88.1 g/mol. The molecule has 0 aliphatic heterocycles. The van der Waals surface area contributed by atoms with Gasteiger partial charge in [-0.3, -0.25) is 0 Å². The van der Waals surface area contributed by atoms with Crippen LogP contribution in [0.15, 0.2) is 12.7 Å². The van der Waals surface area contributed by atoms with Crippen molar-refractivity contribution in [2.45, 2.75) is 6.42 Å². The second kappa shape index (κ2) is 1.49. The second-order valence-corrected chi connectivity index (χ2v) is 1.94. The Balaban J connectivity index is 2.30. The number of aldehydes is 1. The molecule has 0 heterocycles. The molecule has 0 aromatic carbocycles. The molecule has 1 fully saturated rings. The van der Waals surface area contributed by atoms with Gasteiger partial charge in [0.1, 0.15) is 6.29 Å². The zero-order valence-electron chi connectivity index (χ0n) is 4.13. The molecule has 0 aromatic heterocycles. The average Bonchev–Trinajstić information content (AvgIpc) is 2.43. The Morgan fingerprint density at radius 3 is 2.43 bits per heavy atom. The molecule has 1 saturated carbocycles. The molecule has 0 N–H and O–H groups in total. The highest BCUT2D eigenvalue weighted by molar-refractivity contribution is 5.58. The van der Waals surface area contributed by atoms with Gasteiger partial charge >= 0.3 is 0 Å². The Bertz CT molecular complexity index is 84.4. The highest BCUT2D eigenvalue weighted by atomic mass is 16.1. The van der Waals surface area contributed by atoms with Crippen LogP contribution in [-0.2, 0) is 4.79 Å². The van der Waals surface area contributed by atoms with E-state index in [-0.39, 0.29) is 0 Å². The number of allylic oxidation sites excluding steroid dienone is 1. The Morgan fingerprint density at radius 2 is 2.29 bits per heavy atom.